The smallest absolute Gasteiger partial charge is 0.415 e. The third kappa shape index (κ3) is 5.31. The molecule has 0 radical (unpaired) electrons. The van der Waals surface area contributed by atoms with Crippen LogP contribution in [0, 0.1) is 5.92 Å². The second-order valence-corrected chi connectivity index (χ2v) is 17.0. The quantitative estimate of drug-likeness (QED) is 0.196. The van der Waals surface area contributed by atoms with Crippen molar-refractivity contribution in [3.8, 4) is 22.5 Å². The molecule has 1 atom stereocenters. The number of ether oxygens (including phenoxy) is 2. The third-order valence-corrected chi connectivity index (χ3v) is 8.64. The topological polar surface area (TPSA) is 99.7 Å². The molecule has 0 bridgehead atoms. The molecule has 1 amide bonds. The molecular formula is C26H32ClN7O3Si. The van der Waals surface area contributed by atoms with Crippen molar-refractivity contribution in [2.45, 2.75) is 52.3 Å². The zero-order valence-electron chi connectivity index (χ0n) is 22.3. The Kier molecular flexibility index (Phi) is 7.25. The summed E-state index contributed by atoms with van der Waals surface area (Å²) >= 11 is 6.79. The van der Waals surface area contributed by atoms with Crippen molar-refractivity contribution in [1.29, 1.82) is 0 Å². The molecule has 1 saturated heterocycles. The number of aromatic nitrogens is 6. The Morgan fingerprint density at radius 1 is 1.18 bits per heavy atom. The predicted octanol–water partition coefficient (Wildman–Crippen LogP) is 5.60. The fourth-order valence-electron chi connectivity index (χ4n) is 4.36. The van der Waals surface area contributed by atoms with Gasteiger partial charge in [0.25, 0.3) is 0 Å². The van der Waals surface area contributed by atoms with Gasteiger partial charge in [0, 0.05) is 42.6 Å². The largest absolute Gasteiger partial charge is 0.447 e. The second-order valence-electron chi connectivity index (χ2n) is 11.0. The summed E-state index contributed by atoms with van der Waals surface area (Å²) < 4.78 is 14.6. The summed E-state index contributed by atoms with van der Waals surface area (Å²) in [4.78, 5) is 23.3. The minimum absolute atomic E-state index is 0.0800. The summed E-state index contributed by atoms with van der Waals surface area (Å²) in [5.74, 6) is 1.42. The molecule has 5 rings (SSSR count). The van der Waals surface area contributed by atoms with E-state index in [4.69, 9.17) is 26.1 Å². The highest BCUT2D eigenvalue weighted by atomic mass is 35.5. The molecule has 0 aliphatic carbocycles. The van der Waals surface area contributed by atoms with Crippen LogP contribution in [-0.4, -0.2) is 62.8 Å². The van der Waals surface area contributed by atoms with Crippen LogP contribution in [0.25, 0.3) is 28.2 Å². The highest BCUT2D eigenvalue weighted by molar-refractivity contribution is 6.76. The molecule has 0 N–H and O–H groups in total. The van der Waals surface area contributed by atoms with Gasteiger partial charge in [-0.25, -0.2) is 24.0 Å². The molecule has 1 fully saturated rings. The fraction of sp³-hybridized carbons (Fsp3) is 0.423. The molecule has 12 heteroatoms. The van der Waals surface area contributed by atoms with Gasteiger partial charge in [-0.2, -0.15) is 10.2 Å². The van der Waals surface area contributed by atoms with E-state index in [1.54, 1.807) is 32.6 Å². The number of halogens is 1. The monoisotopic (exact) mass is 553 g/mol. The standard InChI is InChI=1S/C26H32ClN7O3Si/c1-17(2)22-14-37-26(35)34(22)23-8-9-32-25(31-23)20(13-29-32)19-7-6-18(12-21(19)27)24-28-15-30-33(24)16-36-10-11-38(3,4)5/h6-9,12-13,15,17,22H,10-11,14,16H2,1-5H3/t22-/m1/s1. The minimum Gasteiger partial charge on any atom is -0.447 e. The number of benzene rings is 1. The summed E-state index contributed by atoms with van der Waals surface area (Å²) in [7, 11) is -1.17. The van der Waals surface area contributed by atoms with Crippen molar-refractivity contribution in [2.75, 3.05) is 18.1 Å². The molecule has 3 aromatic heterocycles. The number of anilines is 1. The Morgan fingerprint density at radius 2 is 2.00 bits per heavy atom. The Bertz CT molecular complexity index is 1460. The molecule has 1 aliphatic rings. The van der Waals surface area contributed by atoms with E-state index in [1.807, 2.05) is 18.2 Å². The molecule has 4 aromatic rings. The van der Waals surface area contributed by atoms with Crippen LogP contribution in [0.15, 0.2) is 43.0 Å². The molecule has 0 unspecified atom stereocenters. The van der Waals surface area contributed by atoms with Crippen molar-refractivity contribution < 1.29 is 14.3 Å². The molecular weight excluding hydrogens is 522 g/mol. The number of cyclic esters (lactones) is 1. The molecule has 38 heavy (non-hydrogen) atoms. The Hall–Kier alpha value is -3.28. The highest BCUT2D eigenvalue weighted by Crippen LogP contribution is 2.35. The van der Waals surface area contributed by atoms with Crippen LogP contribution in [0.3, 0.4) is 0 Å². The van der Waals surface area contributed by atoms with Gasteiger partial charge in [-0.05, 0) is 24.1 Å². The van der Waals surface area contributed by atoms with Gasteiger partial charge in [-0.1, -0.05) is 57.2 Å². The lowest BCUT2D eigenvalue weighted by molar-refractivity contribution is 0.0796. The van der Waals surface area contributed by atoms with Crippen molar-refractivity contribution in [3.05, 3.63) is 48.0 Å². The van der Waals surface area contributed by atoms with Crippen molar-refractivity contribution in [1.82, 2.24) is 29.4 Å². The van der Waals surface area contributed by atoms with Gasteiger partial charge in [0.05, 0.1) is 12.2 Å². The SMILES string of the molecule is CC(C)[C@H]1COC(=O)N1c1ccn2ncc(-c3ccc(-c4ncnn4COCC[Si](C)(C)C)cc3Cl)c2n1. The van der Waals surface area contributed by atoms with Crippen LogP contribution < -0.4 is 4.90 Å². The van der Waals surface area contributed by atoms with Crippen LogP contribution in [0.5, 0.6) is 0 Å². The van der Waals surface area contributed by atoms with Gasteiger partial charge >= 0.3 is 6.09 Å². The van der Waals surface area contributed by atoms with Crippen LogP contribution in [0.1, 0.15) is 13.8 Å². The summed E-state index contributed by atoms with van der Waals surface area (Å²) in [5, 5.41) is 9.29. The first-order valence-corrected chi connectivity index (χ1v) is 16.8. The first kappa shape index (κ1) is 26.3. The fourth-order valence-corrected chi connectivity index (χ4v) is 5.40. The number of carbonyl (C=O) groups excluding carboxylic acids is 1. The number of rotatable bonds is 9. The molecule has 0 saturated carbocycles. The lowest BCUT2D eigenvalue weighted by Crippen LogP contribution is -2.37. The van der Waals surface area contributed by atoms with Gasteiger partial charge in [0.1, 0.15) is 25.5 Å². The van der Waals surface area contributed by atoms with E-state index in [2.05, 4.69) is 48.7 Å². The first-order chi connectivity index (χ1) is 18.1. The summed E-state index contributed by atoms with van der Waals surface area (Å²) in [6, 6.07) is 8.51. The van der Waals surface area contributed by atoms with Crippen LogP contribution >= 0.6 is 11.6 Å². The van der Waals surface area contributed by atoms with E-state index < -0.39 is 14.2 Å². The van der Waals surface area contributed by atoms with E-state index in [0.29, 0.717) is 42.3 Å². The number of fused-ring (bicyclic) bond motifs is 1. The van der Waals surface area contributed by atoms with Gasteiger partial charge in [0.2, 0.25) is 0 Å². The normalized spacial score (nSPS) is 16.1. The number of hydrogen-bond acceptors (Lipinski definition) is 7. The van der Waals surface area contributed by atoms with Gasteiger partial charge in [0.15, 0.2) is 11.5 Å². The van der Waals surface area contributed by atoms with E-state index >= 15 is 0 Å². The molecule has 4 heterocycles. The van der Waals surface area contributed by atoms with Gasteiger partial charge in [-0.15, -0.1) is 0 Å². The Labute approximate surface area is 227 Å². The number of amides is 1. The summed E-state index contributed by atoms with van der Waals surface area (Å²) in [5.41, 5.74) is 2.96. The molecule has 10 nitrogen and oxygen atoms in total. The Morgan fingerprint density at radius 3 is 2.74 bits per heavy atom. The molecule has 0 spiro atoms. The van der Waals surface area contributed by atoms with E-state index in [1.165, 1.54) is 6.33 Å². The number of nitrogens with zero attached hydrogens (tertiary/aromatic N) is 7. The molecule has 1 aromatic carbocycles. The van der Waals surface area contributed by atoms with Crippen LogP contribution in [0.2, 0.25) is 30.7 Å². The van der Waals surface area contributed by atoms with Crippen LogP contribution in [0.4, 0.5) is 10.6 Å². The maximum atomic E-state index is 12.5. The number of carbonyl (C=O) groups is 1. The summed E-state index contributed by atoms with van der Waals surface area (Å²) in [6.07, 6.45) is 4.64. The zero-order valence-corrected chi connectivity index (χ0v) is 24.0. The highest BCUT2D eigenvalue weighted by Gasteiger charge is 2.37. The number of hydrogen-bond donors (Lipinski definition) is 0. The maximum absolute atomic E-state index is 12.5. The lowest BCUT2D eigenvalue weighted by atomic mass is 10.0. The Balaban J connectivity index is 1.41. The average molecular weight is 554 g/mol. The van der Waals surface area contributed by atoms with Crippen molar-refractivity contribution in [2.24, 2.45) is 5.92 Å². The van der Waals surface area contributed by atoms with Gasteiger partial charge in [-0.3, -0.25) is 4.90 Å². The average Bonchev–Trinajstić information content (AvgIpc) is 3.59. The lowest BCUT2D eigenvalue weighted by Gasteiger charge is -2.23. The third-order valence-electron chi connectivity index (χ3n) is 6.62. The minimum atomic E-state index is -1.17. The van der Waals surface area contributed by atoms with E-state index in [-0.39, 0.29) is 12.0 Å². The second kappa shape index (κ2) is 10.5. The van der Waals surface area contributed by atoms with Crippen LogP contribution in [-0.2, 0) is 16.2 Å². The van der Waals surface area contributed by atoms with E-state index in [9.17, 15) is 4.79 Å². The van der Waals surface area contributed by atoms with Gasteiger partial charge < -0.3 is 9.47 Å². The predicted molar refractivity (Wildman–Crippen MR) is 149 cm³/mol. The first-order valence-electron chi connectivity index (χ1n) is 12.7. The van der Waals surface area contributed by atoms with E-state index in [0.717, 1.165) is 22.7 Å². The van der Waals surface area contributed by atoms with Crippen molar-refractivity contribution in [3.63, 3.8) is 0 Å². The summed E-state index contributed by atoms with van der Waals surface area (Å²) in [6.45, 7) is 12.5. The maximum Gasteiger partial charge on any atom is 0.415 e. The molecule has 1 aliphatic heterocycles. The molecule has 200 valence electrons. The van der Waals surface area contributed by atoms with Crippen molar-refractivity contribution >= 4 is 37.2 Å². The zero-order chi connectivity index (χ0) is 27.0.